The summed E-state index contributed by atoms with van der Waals surface area (Å²) in [5.74, 6) is -2.19. The molecule has 9 heteroatoms. The number of amides is 1. The molecule has 2 aromatic heterocycles. The van der Waals surface area contributed by atoms with E-state index in [-0.39, 0.29) is 11.9 Å². The Hall–Kier alpha value is -2.13. The smallest absolute Gasteiger partial charge is 0.278 e. The van der Waals surface area contributed by atoms with Crippen LogP contribution in [0.4, 0.5) is 8.78 Å². The Labute approximate surface area is 197 Å². The first-order valence-corrected chi connectivity index (χ1v) is 12.5. The van der Waals surface area contributed by atoms with Crippen molar-refractivity contribution >= 4 is 17.2 Å². The molecule has 0 radical (unpaired) electrons. The fourth-order valence-electron chi connectivity index (χ4n) is 4.59. The summed E-state index contributed by atoms with van der Waals surface area (Å²) in [5, 5.41) is 3.53. The van der Waals surface area contributed by atoms with Crippen LogP contribution in [0.2, 0.25) is 0 Å². The van der Waals surface area contributed by atoms with E-state index in [9.17, 15) is 13.6 Å². The van der Waals surface area contributed by atoms with Crippen LogP contribution in [0, 0.1) is 12.8 Å². The minimum Gasteiger partial charge on any atom is -0.464 e. The zero-order valence-electron chi connectivity index (χ0n) is 19.3. The van der Waals surface area contributed by atoms with Crippen LogP contribution in [0.5, 0.6) is 5.19 Å². The molecular formula is C24H32F2N4O2S. The molecule has 0 atom stereocenters. The Bertz CT molecular complexity index is 954. The van der Waals surface area contributed by atoms with Gasteiger partial charge in [-0.15, -0.1) is 0 Å². The predicted octanol–water partition coefficient (Wildman–Crippen LogP) is 4.62. The number of halogens is 2. The Morgan fingerprint density at radius 1 is 1.33 bits per heavy atom. The number of pyridine rings is 1. The minimum absolute atomic E-state index is 0.0117. The van der Waals surface area contributed by atoms with Gasteiger partial charge in [-0.05, 0) is 70.0 Å². The lowest BCUT2D eigenvalue weighted by Crippen LogP contribution is -2.38. The number of hydrogen-bond acceptors (Lipinski definition) is 6. The zero-order chi connectivity index (χ0) is 23.4. The Kier molecular flexibility index (Phi) is 7.58. The number of ether oxygens (including phenoxy) is 1. The van der Waals surface area contributed by atoms with Crippen molar-refractivity contribution in [3.63, 3.8) is 0 Å². The van der Waals surface area contributed by atoms with Gasteiger partial charge in [0, 0.05) is 48.4 Å². The number of nitrogens with one attached hydrogen (secondary N) is 1. The van der Waals surface area contributed by atoms with Gasteiger partial charge in [-0.3, -0.25) is 14.7 Å². The molecule has 1 aliphatic heterocycles. The molecule has 1 fully saturated rings. The third-order valence-electron chi connectivity index (χ3n) is 6.43. The van der Waals surface area contributed by atoms with E-state index in [0.717, 1.165) is 81.3 Å². The van der Waals surface area contributed by atoms with Gasteiger partial charge in [0.2, 0.25) is 0 Å². The summed E-state index contributed by atoms with van der Waals surface area (Å²) >= 11 is 1.40. The van der Waals surface area contributed by atoms with E-state index in [1.54, 1.807) is 12.3 Å². The minimum atomic E-state index is -2.85. The fraction of sp³-hybridized carbons (Fsp3) is 0.625. The van der Waals surface area contributed by atoms with Crippen LogP contribution in [-0.2, 0) is 13.0 Å². The first-order chi connectivity index (χ1) is 15.7. The van der Waals surface area contributed by atoms with E-state index < -0.39 is 12.5 Å². The normalized spacial score (nSPS) is 21.5. The molecule has 1 N–H and O–H groups in total. The molecule has 0 saturated heterocycles. The van der Waals surface area contributed by atoms with E-state index in [1.807, 2.05) is 13.0 Å². The molecule has 6 nitrogen and oxygen atoms in total. The Morgan fingerprint density at radius 2 is 2.12 bits per heavy atom. The molecule has 1 aliphatic carbocycles. The molecule has 2 aliphatic rings. The van der Waals surface area contributed by atoms with E-state index in [2.05, 4.69) is 20.2 Å². The van der Waals surface area contributed by atoms with E-state index in [0.29, 0.717) is 16.7 Å². The van der Waals surface area contributed by atoms with Crippen LogP contribution in [0.25, 0.3) is 0 Å². The quantitative estimate of drug-likeness (QED) is 0.600. The monoisotopic (exact) mass is 478 g/mol. The summed E-state index contributed by atoms with van der Waals surface area (Å²) in [6.45, 7) is 4.85. The van der Waals surface area contributed by atoms with Crippen molar-refractivity contribution in [1.29, 1.82) is 0 Å². The van der Waals surface area contributed by atoms with Gasteiger partial charge in [-0.1, -0.05) is 11.3 Å². The molecule has 1 amide bonds. The maximum Gasteiger partial charge on any atom is 0.278 e. The molecule has 0 bridgehead atoms. The third-order valence-corrected chi connectivity index (χ3v) is 7.50. The summed E-state index contributed by atoms with van der Waals surface area (Å²) in [6, 6.07) is 3.82. The number of nitrogens with zero attached hydrogens (tertiary/aromatic N) is 3. The SMILES string of the molecule is Cc1cc(C(=O)N[C@H]2CC[C@H](CCN3CCc4sc(OCC(C)(F)F)nc4C3)CC2)ccn1. The van der Waals surface area contributed by atoms with Crippen molar-refractivity contribution in [2.45, 2.75) is 70.9 Å². The van der Waals surface area contributed by atoms with E-state index in [1.165, 1.54) is 11.3 Å². The lowest BCUT2D eigenvalue weighted by molar-refractivity contribution is -0.0230. The van der Waals surface area contributed by atoms with Gasteiger partial charge >= 0.3 is 0 Å². The summed E-state index contributed by atoms with van der Waals surface area (Å²) in [5.41, 5.74) is 2.49. The van der Waals surface area contributed by atoms with Crippen molar-refractivity contribution in [2.24, 2.45) is 5.92 Å². The first kappa shape index (κ1) is 24.0. The second kappa shape index (κ2) is 10.4. The summed E-state index contributed by atoms with van der Waals surface area (Å²) in [4.78, 5) is 24.6. The van der Waals surface area contributed by atoms with Crippen molar-refractivity contribution in [1.82, 2.24) is 20.2 Å². The number of carbonyl (C=O) groups excluding carboxylic acids is 1. The highest BCUT2D eigenvalue weighted by molar-refractivity contribution is 7.13. The average molecular weight is 479 g/mol. The summed E-state index contributed by atoms with van der Waals surface area (Å²) in [7, 11) is 0. The van der Waals surface area contributed by atoms with Gasteiger partial charge < -0.3 is 10.1 Å². The maximum atomic E-state index is 13.0. The molecule has 0 spiro atoms. The molecule has 0 unspecified atom stereocenters. The van der Waals surface area contributed by atoms with Gasteiger partial charge in [0.05, 0.1) is 5.69 Å². The number of aromatic nitrogens is 2. The molecule has 4 rings (SSSR count). The molecule has 2 aromatic rings. The van der Waals surface area contributed by atoms with Crippen LogP contribution in [0.15, 0.2) is 18.3 Å². The first-order valence-electron chi connectivity index (χ1n) is 11.7. The molecule has 33 heavy (non-hydrogen) atoms. The largest absolute Gasteiger partial charge is 0.464 e. The van der Waals surface area contributed by atoms with Crippen molar-refractivity contribution in [2.75, 3.05) is 19.7 Å². The van der Waals surface area contributed by atoms with Crippen LogP contribution >= 0.6 is 11.3 Å². The Balaban J connectivity index is 1.18. The molecule has 1 saturated carbocycles. The zero-order valence-corrected chi connectivity index (χ0v) is 20.1. The van der Waals surface area contributed by atoms with Crippen LogP contribution in [-0.4, -0.2) is 52.4 Å². The number of carbonyl (C=O) groups is 1. The fourth-order valence-corrected chi connectivity index (χ4v) is 5.49. The standard InChI is InChI=1S/C24H32F2N4O2S/c1-16-13-18(7-10-27-16)22(31)28-19-5-3-17(4-6-19)8-11-30-12-9-21-20(14-30)29-23(33-21)32-15-24(2,25)26/h7,10,13,17,19H,3-6,8-9,11-12,14-15H2,1-2H3,(H,28,31)/t17-,19-. The Morgan fingerprint density at radius 3 is 2.85 bits per heavy atom. The van der Waals surface area contributed by atoms with E-state index >= 15 is 0 Å². The number of thiazole rings is 1. The predicted molar refractivity (Wildman–Crippen MR) is 124 cm³/mol. The van der Waals surface area contributed by atoms with E-state index in [4.69, 9.17) is 4.74 Å². The van der Waals surface area contributed by atoms with Gasteiger partial charge in [-0.25, -0.2) is 13.8 Å². The van der Waals surface area contributed by atoms with Gasteiger partial charge in [0.25, 0.3) is 17.0 Å². The van der Waals surface area contributed by atoms with Gasteiger partial charge in [0.1, 0.15) is 0 Å². The highest BCUT2D eigenvalue weighted by Gasteiger charge is 2.27. The second-order valence-corrected chi connectivity index (χ2v) is 10.4. The van der Waals surface area contributed by atoms with Crippen molar-refractivity contribution in [3.05, 3.63) is 40.2 Å². The molecule has 0 aromatic carbocycles. The highest BCUT2D eigenvalue weighted by Crippen LogP contribution is 2.32. The number of aryl methyl sites for hydroxylation is 1. The average Bonchev–Trinajstić information content (AvgIpc) is 3.19. The number of rotatable bonds is 8. The number of fused-ring (bicyclic) bond motifs is 1. The molecule has 3 heterocycles. The van der Waals surface area contributed by atoms with Crippen LogP contribution < -0.4 is 10.1 Å². The van der Waals surface area contributed by atoms with Gasteiger partial charge in [-0.2, -0.15) is 0 Å². The van der Waals surface area contributed by atoms with Gasteiger partial charge in [0.15, 0.2) is 6.61 Å². The van der Waals surface area contributed by atoms with Crippen LogP contribution in [0.1, 0.15) is 65.7 Å². The summed E-state index contributed by atoms with van der Waals surface area (Å²) < 4.78 is 31.3. The topological polar surface area (TPSA) is 67.4 Å². The lowest BCUT2D eigenvalue weighted by atomic mass is 9.84. The molecular weight excluding hydrogens is 446 g/mol. The van der Waals surface area contributed by atoms with Crippen molar-refractivity contribution in [3.8, 4) is 5.19 Å². The lowest BCUT2D eigenvalue weighted by Gasteiger charge is -2.32. The summed E-state index contributed by atoms with van der Waals surface area (Å²) in [6.07, 6.45) is 7.98. The maximum absolute atomic E-state index is 13.0. The number of alkyl halides is 2. The molecule has 180 valence electrons. The number of hydrogen-bond donors (Lipinski definition) is 1. The highest BCUT2D eigenvalue weighted by atomic mass is 32.1. The third kappa shape index (κ3) is 6.93. The van der Waals surface area contributed by atoms with Crippen LogP contribution in [0.3, 0.4) is 0 Å². The second-order valence-electron chi connectivity index (χ2n) is 9.40. The van der Waals surface area contributed by atoms with Crippen molar-refractivity contribution < 1.29 is 18.3 Å².